The van der Waals surface area contributed by atoms with Crippen LogP contribution in [-0.2, 0) is 6.42 Å². The number of nitriles is 1. The van der Waals surface area contributed by atoms with Crippen LogP contribution < -0.4 is 5.32 Å². The van der Waals surface area contributed by atoms with E-state index in [9.17, 15) is 4.39 Å². The van der Waals surface area contributed by atoms with Gasteiger partial charge in [0.25, 0.3) is 0 Å². The number of hydrogen-bond acceptors (Lipinski definition) is 4. The normalized spacial score (nSPS) is 9.78. The summed E-state index contributed by atoms with van der Waals surface area (Å²) in [5.41, 5.74) is 1.15. The van der Waals surface area contributed by atoms with E-state index in [1.54, 1.807) is 6.07 Å². The number of hydrogen-bond donors (Lipinski definition) is 1. The van der Waals surface area contributed by atoms with Crippen LogP contribution >= 0.6 is 0 Å². The van der Waals surface area contributed by atoms with Crippen molar-refractivity contribution in [2.45, 2.75) is 6.42 Å². The number of rotatable bonds is 4. The summed E-state index contributed by atoms with van der Waals surface area (Å²) in [5, 5.41) is 11.8. The van der Waals surface area contributed by atoms with Crippen molar-refractivity contribution in [1.29, 1.82) is 5.26 Å². The zero-order valence-electron chi connectivity index (χ0n) is 9.60. The van der Waals surface area contributed by atoms with Crippen molar-refractivity contribution in [2.24, 2.45) is 0 Å². The molecular formula is C13H11FN4. The minimum atomic E-state index is -0.246. The Morgan fingerprint density at radius 1 is 1.28 bits per heavy atom. The summed E-state index contributed by atoms with van der Waals surface area (Å²) in [6.45, 7) is 0.566. The van der Waals surface area contributed by atoms with Gasteiger partial charge >= 0.3 is 0 Å². The Balaban J connectivity index is 1.95. The second-order valence-electron chi connectivity index (χ2n) is 3.67. The van der Waals surface area contributed by atoms with Crippen LogP contribution in [0.2, 0.25) is 0 Å². The van der Waals surface area contributed by atoms with E-state index in [0.717, 1.165) is 5.56 Å². The lowest BCUT2D eigenvalue weighted by Gasteiger charge is -2.06. The summed E-state index contributed by atoms with van der Waals surface area (Å²) in [7, 11) is 0. The molecule has 0 bridgehead atoms. The van der Waals surface area contributed by atoms with Crippen molar-refractivity contribution >= 4 is 5.82 Å². The number of aromatic nitrogens is 2. The molecule has 0 aliphatic heterocycles. The fourth-order valence-electron chi connectivity index (χ4n) is 1.57. The van der Waals surface area contributed by atoms with Gasteiger partial charge in [-0.3, -0.25) is 0 Å². The van der Waals surface area contributed by atoms with Crippen LogP contribution in [0.25, 0.3) is 0 Å². The molecule has 1 N–H and O–H groups in total. The van der Waals surface area contributed by atoms with E-state index in [0.29, 0.717) is 18.8 Å². The summed E-state index contributed by atoms with van der Waals surface area (Å²) in [5.74, 6) is 0.209. The van der Waals surface area contributed by atoms with E-state index in [1.807, 2.05) is 12.1 Å². The average Bonchev–Trinajstić information content (AvgIpc) is 2.39. The lowest BCUT2D eigenvalue weighted by Crippen LogP contribution is -2.08. The van der Waals surface area contributed by atoms with Gasteiger partial charge < -0.3 is 5.32 Å². The maximum Gasteiger partial charge on any atom is 0.182 e. The van der Waals surface area contributed by atoms with E-state index in [1.165, 1.54) is 24.5 Å². The number of nitrogens with zero attached hydrogens (tertiary/aromatic N) is 3. The molecule has 0 fully saturated rings. The first-order valence-corrected chi connectivity index (χ1v) is 5.49. The van der Waals surface area contributed by atoms with Crippen LogP contribution in [0.15, 0.2) is 36.7 Å². The summed E-state index contributed by atoms with van der Waals surface area (Å²) in [6, 6.07) is 8.39. The van der Waals surface area contributed by atoms with Crippen LogP contribution in [-0.4, -0.2) is 16.5 Å². The monoisotopic (exact) mass is 242 g/mol. The SMILES string of the molecule is N#Cc1nccnc1NCCc1cccc(F)c1. The predicted octanol–water partition coefficient (Wildman–Crippen LogP) is 2.14. The first-order valence-electron chi connectivity index (χ1n) is 5.49. The third-order valence-corrected chi connectivity index (χ3v) is 2.40. The molecular weight excluding hydrogens is 231 g/mol. The third-order valence-electron chi connectivity index (χ3n) is 2.40. The third kappa shape index (κ3) is 3.01. The lowest BCUT2D eigenvalue weighted by atomic mass is 10.1. The molecule has 5 heteroatoms. The molecule has 0 aliphatic rings. The maximum atomic E-state index is 13.0. The molecule has 1 aromatic carbocycles. The van der Waals surface area contributed by atoms with Crippen molar-refractivity contribution in [3.63, 3.8) is 0 Å². The highest BCUT2D eigenvalue weighted by Gasteiger charge is 2.03. The molecule has 0 atom stereocenters. The van der Waals surface area contributed by atoms with Crippen molar-refractivity contribution in [2.75, 3.05) is 11.9 Å². The lowest BCUT2D eigenvalue weighted by molar-refractivity contribution is 0.625. The van der Waals surface area contributed by atoms with E-state index >= 15 is 0 Å². The van der Waals surface area contributed by atoms with Crippen LogP contribution in [0.1, 0.15) is 11.3 Å². The average molecular weight is 242 g/mol. The van der Waals surface area contributed by atoms with Crippen LogP contribution in [0.3, 0.4) is 0 Å². The molecule has 0 spiro atoms. The molecule has 0 saturated carbocycles. The molecule has 90 valence electrons. The summed E-state index contributed by atoms with van der Waals surface area (Å²) >= 11 is 0. The highest BCUT2D eigenvalue weighted by atomic mass is 19.1. The van der Waals surface area contributed by atoms with Crippen LogP contribution in [0, 0.1) is 17.1 Å². The smallest absolute Gasteiger partial charge is 0.182 e. The zero-order chi connectivity index (χ0) is 12.8. The molecule has 0 unspecified atom stereocenters. The molecule has 0 amide bonds. The summed E-state index contributed by atoms with van der Waals surface area (Å²) < 4.78 is 13.0. The van der Waals surface area contributed by atoms with Gasteiger partial charge in [0.1, 0.15) is 11.9 Å². The Bertz CT molecular complexity index is 577. The molecule has 18 heavy (non-hydrogen) atoms. The number of benzene rings is 1. The molecule has 2 aromatic rings. The second-order valence-corrected chi connectivity index (χ2v) is 3.67. The highest BCUT2D eigenvalue weighted by molar-refractivity contribution is 5.46. The number of nitrogens with one attached hydrogen (secondary N) is 1. The van der Waals surface area contributed by atoms with Crippen molar-refractivity contribution < 1.29 is 4.39 Å². The van der Waals surface area contributed by atoms with Crippen LogP contribution in [0.5, 0.6) is 0 Å². The Kier molecular flexibility index (Phi) is 3.82. The van der Waals surface area contributed by atoms with Gasteiger partial charge in [0.2, 0.25) is 0 Å². The quantitative estimate of drug-likeness (QED) is 0.892. The standard InChI is InChI=1S/C13H11FN4/c14-11-3-1-2-10(8-11)4-5-17-13-12(9-15)16-6-7-18-13/h1-3,6-8H,4-5H2,(H,17,18). The topological polar surface area (TPSA) is 61.6 Å². The molecule has 0 aliphatic carbocycles. The van der Waals surface area contributed by atoms with Gasteiger partial charge in [-0.25, -0.2) is 14.4 Å². The van der Waals surface area contributed by atoms with Gasteiger partial charge in [-0.05, 0) is 24.1 Å². The minimum Gasteiger partial charge on any atom is -0.367 e. The van der Waals surface area contributed by atoms with Crippen LogP contribution in [0.4, 0.5) is 10.2 Å². The van der Waals surface area contributed by atoms with Gasteiger partial charge in [0.05, 0.1) is 0 Å². The van der Waals surface area contributed by atoms with E-state index in [4.69, 9.17) is 5.26 Å². The summed E-state index contributed by atoms with van der Waals surface area (Å²) in [6.07, 6.45) is 3.64. The molecule has 1 heterocycles. The number of anilines is 1. The van der Waals surface area contributed by atoms with Crippen molar-refractivity contribution in [3.05, 3.63) is 53.7 Å². The van der Waals surface area contributed by atoms with Gasteiger partial charge in [0.15, 0.2) is 11.5 Å². The Hall–Kier alpha value is -2.48. The molecule has 1 aromatic heterocycles. The Morgan fingerprint density at radius 2 is 2.11 bits per heavy atom. The largest absolute Gasteiger partial charge is 0.367 e. The fraction of sp³-hybridized carbons (Fsp3) is 0.154. The fourth-order valence-corrected chi connectivity index (χ4v) is 1.57. The zero-order valence-corrected chi connectivity index (χ0v) is 9.60. The molecule has 2 rings (SSSR count). The predicted molar refractivity (Wildman–Crippen MR) is 65.3 cm³/mol. The summed E-state index contributed by atoms with van der Waals surface area (Å²) in [4.78, 5) is 7.92. The minimum absolute atomic E-state index is 0.246. The first-order chi connectivity index (χ1) is 8.79. The molecule has 4 nitrogen and oxygen atoms in total. The van der Waals surface area contributed by atoms with Crippen molar-refractivity contribution in [1.82, 2.24) is 9.97 Å². The molecule has 0 radical (unpaired) electrons. The second kappa shape index (κ2) is 5.73. The van der Waals surface area contributed by atoms with Gasteiger partial charge in [-0.1, -0.05) is 12.1 Å². The van der Waals surface area contributed by atoms with Gasteiger partial charge in [0, 0.05) is 18.9 Å². The Morgan fingerprint density at radius 3 is 2.89 bits per heavy atom. The first kappa shape index (κ1) is 12.0. The highest BCUT2D eigenvalue weighted by Crippen LogP contribution is 2.08. The number of halogens is 1. The van der Waals surface area contributed by atoms with E-state index in [-0.39, 0.29) is 11.5 Å². The Labute approximate surface area is 104 Å². The van der Waals surface area contributed by atoms with Gasteiger partial charge in [-0.2, -0.15) is 5.26 Å². The van der Waals surface area contributed by atoms with Gasteiger partial charge in [-0.15, -0.1) is 0 Å². The molecule has 0 saturated heterocycles. The van der Waals surface area contributed by atoms with E-state index in [2.05, 4.69) is 15.3 Å². The maximum absolute atomic E-state index is 13.0. The van der Waals surface area contributed by atoms with Crippen molar-refractivity contribution in [3.8, 4) is 6.07 Å². The van der Waals surface area contributed by atoms with E-state index < -0.39 is 0 Å².